The summed E-state index contributed by atoms with van der Waals surface area (Å²) >= 11 is 5.82. The summed E-state index contributed by atoms with van der Waals surface area (Å²) in [6.07, 6.45) is 1.02. The van der Waals surface area contributed by atoms with Gasteiger partial charge in [0.15, 0.2) is 5.96 Å². The molecule has 0 bridgehead atoms. The molecule has 8 heteroatoms. The second kappa shape index (κ2) is 13.4. The fourth-order valence-electron chi connectivity index (χ4n) is 2.24. The molecule has 7 nitrogen and oxygen atoms in total. The predicted octanol–water partition coefficient (Wildman–Crippen LogP) is 1.20. The van der Waals surface area contributed by atoms with E-state index in [4.69, 9.17) is 16.3 Å². The molecular formula is C18H30ClN5O2. The predicted molar refractivity (Wildman–Crippen MR) is 107 cm³/mol. The number of nitrogens with one attached hydrogen (secondary N) is 3. The number of hydrogen-bond donors (Lipinski definition) is 3. The molecule has 0 aliphatic carbocycles. The van der Waals surface area contributed by atoms with Gasteiger partial charge in [-0.3, -0.25) is 9.79 Å². The van der Waals surface area contributed by atoms with Crippen LogP contribution in [0.3, 0.4) is 0 Å². The first-order valence-electron chi connectivity index (χ1n) is 8.72. The molecule has 0 heterocycles. The molecule has 0 aromatic heterocycles. The van der Waals surface area contributed by atoms with Crippen LogP contribution in [0.25, 0.3) is 0 Å². The zero-order chi connectivity index (χ0) is 19.2. The quantitative estimate of drug-likeness (QED) is 0.304. The second-order valence-corrected chi connectivity index (χ2v) is 6.27. The van der Waals surface area contributed by atoms with Crippen LogP contribution in [0.2, 0.25) is 5.02 Å². The Bertz CT molecular complexity index is 551. The van der Waals surface area contributed by atoms with Crippen LogP contribution in [0.15, 0.2) is 29.3 Å². The van der Waals surface area contributed by atoms with Gasteiger partial charge in [0.2, 0.25) is 0 Å². The van der Waals surface area contributed by atoms with E-state index in [0.717, 1.165) is 38.6 Å². The molecule has 0 saturated heterocycles. The number of amides is 1. The van der Waals surface area contributed by atoms with Gasteiger partial charge in [0.05, 0.1) is 0 Å². The van der Waals surface area contributed by atoms with Crippen LogP contribution in [0, 0.1) is 0 Å². The number of ether oxygens (including phenoxy) is 1. The van der Waals surface area contributed by atoms with Gasteiger partial charge >= 0.3 is 0 Å². The number of hydrogen-bond acceptors (Lipinski definition) is 4. The zero-order valence-corrected chi connectivity index (χ0v) is 16.6. The topological polar surface area (TPSA) is 78.0 Å². The lowest BCUT2D eigenvalue weighted by Gasteiger charge is -2.18. The third kappa shape index (κ3) is 9.60. The Hall–Kier alpha value is -1.83. The molecule has 0 fully saturated rings. The molecule has 1 aromatic rings. The number of guanidine groups is 1. The summed E-state index contributed by atoms with van der Waals surface area (Å²) in [4.78, 5) is 18.4. The van der Waals surface area contributed by atoms with Crippen molar-refractivity contribution in [1.29, 1.82) is 0 Å². The van der Waals surface area contributed by atoms with E-state index >= 15 is 0 Å². The van der Waals surface area contributed by atoms with E-state index in [1.54, 1.807) is 38.4 Å². The first kappa shape index (κ1) is 22.2. The average Bonchev–Trinajstić information content (AvgIpc) is 2.64. The summed E-state index contributed by atoms with van der Waals surface area (Å²) in [5, 5.41) is 9.90. The molecule has 0 aliphatic heterocycles. The maximum Gasteiger partial charge on any atom is 0.251 e. The number of carbonyl (C=O) groups is 1. The minimum absolute atomic E-state index is 0.121. The zero-order valence-electron chi connectivity index (χ0n) is 15.8. The fraction of sp³-hybridized carbons (Fsp3) is 0.556. The lowest BCUT2D eigenvalue weighted by molar-refractivity contribution is 0.0954. The minimum Gasteiger partial charge on any atom is -0.385 e. The average molecular weight is 384 g/mol. The Morgan fingerprint density at radius 2 is 1.77 bits per heavy atom. The molecule has 26 heavy (non-hydrogen) atoms. The molecule has 146 valence electrons. The molecule has 1 amide bonds. The Labute approximate surface area is 161 Å². The molecule has 0 aliphatic rings. The van der Waals surface area contributed by atoms with Gasteiger partial charge in [0, 0.05) is 64.1 Å². The van der Waals surface area contributed by atoms with E-state index in [1.807, 2.05) is 0 Å². The Morgan fingerprint density at radius 3 is 2.42 bits per heavy atom. The first-order chi connectivity index (χ1) is 12.6. The van der Waals surface area contributed by atoms with Crippen LogP contribution >= 0.6 is 11.6 Å². The summed E-state index contributed by atoms with van der Waals surface area (Å²) in [6.45, 7) is 4.57. The molecule has 0 radical (unpaired) electrons. The van der Waals surface area contributed by atoms with Gasteiger partial charge in [-0.15, -0.1) is 0 Å². The lowest BCUT2D eigenvalue weighted by atomic mass is 10.2. The second-order valence-electron chi connectivity index (χ2n) is 5.84. The number of halogens is 1. The summed E-state index contributed by atoms with van der Waals surface area (Å²) in [5.41, 5.74) is 0.591. The Kier molecular flexibility index (Phi) is 11.4. The normalized spacial score (nSPS) is 11.5. The summed E-state index contributed by atoms with van der Waals surface area (Å²) < 4.78 is 5.05. The van der Waals surface area contributed by atoms with Crippen LogP contribution < -0.4 is 16.0 Å². The number of methoxy groups -OCH3 is 1. The summed E-state index contributed by atoms with van der Waals surface area (Å²) in [7, 11) is 5.53. The van der Waals surface area contributed by atoms with Crippen LogP contribution in [-0.2, 0) is 4.74 Å². The van der Waals surface area contributed by atoms with Crippen molar-refractivity contribution in [2.75, 3.05) is 60.5 Å². The molecule has 1 aromatic carbocycles. The highest BCUT2D eigenvalue weighted by Gasteiger charge is 2.04. The summed E-state index contributed by atoms with van der Waals surface area (Å²) in [6, 6.07) is 6.81. The largest absolute Gasteiger partial charge is 0.385 e. The minimum atomic E-state index is -0.121. The third-order valence-corrected chi connectivity index (χ3v) is 3.96. The molecular weight excluding hydrogens is 354 g/mol. The lowest BCUT2D eigenvalue weighted by Crippen LogP contribution is -2.43. The van der Waals surface area contributed by atoms with Gasteiger partial charge in [0.1, 0.15) is 0 Å². The van der Waals surface area contributed by atoms with Gasteiger partial charge < -0.3 is 25.6 Å². The smallest absolute Gasteiger partial charge is 0.251 e. The van der Waals surface area contributed by atoms with Crippen molar-refractivity contribution in [2.45, 2.75) is 6.42 Å². The highest BCUT2D eigenvalue weighted by molar-refractivity contribution is 6.30. The van der Waals surface area contributed by atoms with Crippen molar-refractivity contribution < 1.29 is 9.53 Å². The van der Waals surface area contributed by atoms with Crippen molar-refractivity contribution >= 4 is 23.5 Å². The van der Waals surface area contributed by atoms with Crippen LogP contribution in [0.4, 0.5) is 0 Å². The van der Waals surface area contributed by atoms with Gasteiger partial charge in [-0.2, -0.15) is 0 Å². The van der Waals surface area contributed by atoms with E-state index in [1.165, 1.54) is 0 Å². The maximum atomic E-state index is 12.0. The van der Waals surface area contributed by atoms with E-state index in [-0.39, 0.29) is 5.91 Å². The Morgan fingerprint density at radius 1 is 1.12 bits per heavy atom. The van der Waals surface area contributed by atoms with Crippen LogP contribution in [-0.4, -0.2) is 77.3 Å². The number of aliphatic imine (C=N–C) groups is 1. The van der Waals surface area contributed by atoms with Crippen molar-refractivity contribution in [3.63, 3.8) is 0 Å². The molecule has 1 rings (SSSR count). The first-order valence-corrected chi connectivity index (χ1v) is 9.10. The highest BCUT2D eigenvalue weighted by Crippen LogP contribution is 2.09. The highest BCUT2D eigenvalue weighted by atomic mass is 35.5. The number of nitrogens with zero attached hydrogens (tertiary/aromatic N) is 2. The van der Waals surface area contributed by atoms with E-state index in [2.05, 4.69) is 32.9 Å². The summed E-state index contributed by atoms with van der Waals surface area (Å²) in [5.74, 6) is 0.597. The monoisotopic (exact) mass is 383 g/mol. The van der Waals surface area contributed by atoms with Crippen LogP contribution in [0.5, 0.6) is 0 Å². The number of carbonyl (C=O) groups excluding carboxylic acids is 1. The van der Waals surface area contributed by atoms with Crippen LogP contribution in [0.1, 0.15) is 16.8 Å². The van der Waals surface area contributed by atoms with Gasteiger partial charge in [-0.25, -0.2) is 0 Å². The molecule has 0 saturated carbocycles. The Balaban J connectivity index is 2.16. The fourth-order valence-corrected chi connectivity index (χ4v) is 2.36. The number of rotatable bonds is 11. The number of benzene rings is 1. The van der Waals surface area contributed by atoms with Crippen molar-refractivity contribution in [1.82, 2.24) is 20.9 Å². The molecule has 3 N–H and O–H groups in total. The molecule has 0 atom stereocenters. The van der Waals surface area contributed by atoms with Gasteiger partial charge in [0.25, 0.3) is 5.91 Å². The van der Waals surface area contributed by atoms with Crippen molar-refractivity contribution in [3.05, 3.63) is 34.9 Å². The van der Waals surface area contributed by atoms with Crippen molar-refractivity contribution in [3.8, 4) is 0 Å². The third-order valence-electron chi connectivity index (χ3n) is 3.71. The SMILES string of the molecule is CN=C(NCCNC(=O)c1ccc(Cl)cc1)NCCN(C)CCCOC. The van der Waals surface area contributed by atoms with E-state index in [0.29, 0.717) is 23.7 Å². The molecule has 0 unspecified atom stereocenters. The van der Waals surface area contributed by atoms with E-state index in [9.17, 15) is 4.79 Å². The van der Waals surface area contributed by atoms with Crippen molar-refractivity contribution in [2.24, 2.45) is 4.99 Å². The van der Waals surface area contributed by atoms with Gasteiger partial charge in [-0.1, -0.05) is 11.6 Å². The van der Waals surface area contributed by atoms with E-state index < -0.39 is 0 Å². The maximum absolute atomic E-state index is 12.0. The number of likely N-dealkylation sites (N-methyl/N-ethyl adjacent to an activating group) is 1. The van der Waals surface area contributed by atoms with Gasteiger partial charge in [-0.05, 0) is 37.7 Å². The molecule has 0 spiro atoms. The standard InChI is InChI=1S/C18H30ClN5O2/c1-20-18(23-11-13-24(2)12-4-14-26-3)22-10-9-21-17(25)15-5-7-16(19)8-6-15/h5-8H,4,9-14H2,1-3H3,(H,21,25)(H2,20,22,23).